The Kier molecular flexibility index (Phi) is 12.8. The van der Waals surface area contributed by atoms with Gasteiger partial charge >= 0.3 is 0 Å². The molecule has 0 aliphatic carbocycles. The van der Waals surface area contributed by atoms with E-state index in [0.717, 1.165) is 24.9 Å². The standard InChI is InChI=1S/C32H36N4.C9H8O/c1-33(2)31-17-21-35(22-18-31)25-29-13-9-27(10-14-29)7-5-6-8-28-11-15-30(16-12-28)26-36-23-19-32(20-24-36)34(3)4;10-8-4-7-9-5-2-1-3-6-9/h5-24H,25-26H2,1-4H3;1-8H/q+2;/b7-5-,8-6+;7-4+. The molecule has 5 heteroatoms. The van der Waals surface area contributed by atoms with E-state index >= 15 is 0 Å². The molecular weight excluding hydrogens is 564 g/mol. The van der Waals surface area contributed by atoms with Gasteiger partial charge in [0.1, 0.15) is 6.29 Å². The number of nitrogens with zero attached hydrogens (tertiary/aromatic N) is 4. The summed E-state index contributed by atoms with van der Waals surface area (Å²) in [5, 5.41) is 0. The van der Waals surface area contributed by atoms with Crippen LogP contribution in [-0.4, -0.2) is 34.5 Å². The van der Waals surface area contributed by atoms with E-state index in [1.807, 2.05) is 30.3 Å². The van der Waals surface area contributed by atoms with E-state index < -0.39 is 0 Å². The fraction of sp³-hybridized carbons (Fsp3) is 0.146. The van der Waals surface area contributed by atoms with Crippen molar-refractivity contribution in [1.82, 2.24) is 0 Å². The molecule has 2 heterocycles. The van der Waals surface area contributed by atoms with Crippen LogP contribution < -0.4 is 18.9 Å². The molecule has 5 nitrogen and oxygen atoms in total. The molecular formula is C41H44N4O+2. The molecule has 0 bridgehead atoms. The van der Waals surface area contributed by atoms with Gasteiger partial charge in [0.05, 0.1) is 0 Å². The summed E-state index contributed by atoms with van der Waals surface area (Å²) in [5.41, 5.74) is 8.44. The third-order valence-electron chi connectivity index (χ3n) is 7.32. The van der Waals surface area contributed by atoms with Gasteiger partial charge in [-0.3, -0.25) is 4.79 Å². The lowest BCUT2D eigenvalue weighted by Crippen LogP contribution is -2.33. The molecule has 0 amide bonds. The van der Waals surface area contributed by atoms with Gasteiger partial charge in [-0.05, 0) is 22.8 Å². The van der Waals surface area contributed by atoms with E-state index in [1.54, 1.807) is 6.08 Å². The third kappa shape index (κ3) is 11.2. The Morgan fingerprint density at radius 1 is 0.478 bits per heavy atom. The van der Waals surface area contributed by atoms with Gasteiger partial charge in [-0.1, -0.05) is 109 Å². The van der Waals surface area contributed by atoms with Crippen LogP contribution in [0.5, 0.6) is 0 Å². The molecule has 5 aromatic rings. The van der Waals surface area contributed by atoms with Crippen LogP contribution in [-0.2, 0) is 17.9 Å². The van der Waals surface area contributed by atoms with Crippen LogP contribution in [0.1, 0.15) is 27.8 Å². The second-order valence-electron chi connectivity index (χ2n) is 11.4. The summed E-state index contributed by atoms with van der Waals surface area (Å²) < 4.78 is 4.40. The van der Waals surface area contributed by atoms with E-state index in [0.29, 0.717) is 0 Å². The molecule has 0 radical (unpaired) electrons. The summed E-state index contributed by atoms with van der Waals surface area (Å²) in [4.78, 5) is 14.1. The van der Waals surface area contributed by atoms with Gasteiger partial charge in [0.2, 0.25) is 0 Å². The largest absolute Gasteiger partial charge is 0.377 e. The lowest BCUT2D eigenvalue weighted by molar-refractivity contribution is -0.688. The van der Waals surface area contributed by atoms with Gasteiger partial charge in [0.15, 0.2) is 37.9 Å². The maximum Gasteiger partial charge on any atom is 0.173 e. The maximum atomic E-state index is 9.89. The van der Waals surface area contributed by atoms with Crippen LogP contribution in [0.4, 0.5) is 11.4 Å². The smallest absolute Gasteiger partial charge is 0.173 e. The first-order valence-electron chi connectivity index (χ1n) is 15.4. The maximum absolute atomic E-state index is 9.89. The molecule has 0 N–H and O–H groups in total. The van der Waals surface area contributed by atoms with E-state index in [-0.39, 0.29) is 0 Å². The molecule has 2 aromatic heterocycles. The topological polar surface area (TPSA) is 31.3 Å². The number of anilines is 2. The lowest BCUT2D eigenvalue weighted by Gasteiger charge is -2.10. The van der Waals surface area contributed by atoms with E-state index in [2.05, 4.69) is 169 Å². The molecule has 46 heavy (non-hydrogen) atoms. The fourth-order valence-corrected chi connectivity index (χ4v) is 4.64. The van der Waals surface area contributed by atoms with Crippen molar-refractivity contribution in [2.45, 2.75) is 13.1 Å². The van der Waals surface area contributed by atoms with Crippen LogP contribution in [0.15, 0.2) is 146 Å². The molecule has 232 valence electrons. The Hall–Kier alpha value is -5.55. The predicted octanol–water partition coefficient (Wildman–Crippen LogP) is 7.12. The van der Waals surface area contributed by atoms with Crippen molar-refractivity contribution in [1.29, 1.82) is 0 Å². The highest BCUT2D eigenvalue weighted by Gasteiger charge is 2.05. The molecule has 0 aliphatic heterocycles. The average molecular weight is 609 g/mol. The third-order valence-corrected chi connectivity index (χ3v) is 7.32. The zero-order chi connectivity index (χ0) is 32.6. The van der Waals surface area contributed by atoms with Crippen LogP contribution in [0.2, 0.25) is 0 Å². The first kappa shape index (κ1) is 33.3. The van der Waals surface area contributed by atoms with Crippen LogP contribution in [0, 0.1) is 0 Å². The number of rotatable bonds is 11. The van der Waals surface area contributed by atoms with Crippen molar-refractivity contribution in [3.05, 3.63) is 174 Å². The summed E-state index contributed by atoms with van der Waals surface area (Å²) >= 11 is 0. The lowest BCUT2D eigenvalue weighted by atomic mass is 10.1. The minimum absolute atomic E-state index is 0.771. The summed E-state index contributed by atoms with van der Waals surface area (Å²) in [6.07, 6.45) is 21.0. The number of carbonyl (C=O) groups excluding carboxylic acids is 1. The SMILES string of the molecule is CN(C)c1cc[n+](Cc2ccc(/C=C\C=C\c3ccc(C[n+]4ccc(N(C)C)cc4)cc3)cc2)cc1.O=C/C=C/c1ccccc1. The number of carbonyl (C=O) groups is 1. The van der Waals surface area contributed by atoms with Gasteiger partial charge in [0.25, 0.3) is 0 Å². The van der Waals surface area contributed by atoms with Crippen molar-refractivity contribution < 1.29 is 13.9 Å². The molecule has 0 saturated carbocycles. The van der Waals surface area contributed by atoms with Gasteiger partial charge < -0.3 is 9.80 Å². The van der Waals surface area contributed by atoms with Gasteiger partial charge in [0, 0.05) is 75.0 Å². The Labute approximate surface area is 274 Å². The van der Waals surface area contributed by atoms with E-state index in [1.165, 1.54) is 39.7 Å². The molecule has 0 unspecified atom stereocenters. The fourth-order valence-electron chi connectivity index (χ4n) is 4.64. The first-order chi connectivity index (χ1) is 22.4. The highest BCUT2D eigenvalue weighted by atomic mass is 16.1. The molecule has 0 spiro atoms. The molecule has 0 fully saturated rings. The Bertz CT molecular complexity index is 1600. The van der Waals surface area contributed by atoms with Gasteiger partial charge in [-0.2, -0.15) is 0 Å². The number of aldehydes is 1. The normalized spacial score (nSPS) is 11.0. The van der Waals surface area contributed by atoms with Crippen LogP contribution >= 0.6 is 0 Å². The van der Waals surface area contributed by atoms with E-state index in [4.69, 9.17) is 0 Å². The minimum Gasteiger partial charge on any atom is -0.377 e. The molecule has 5 rings (SSSR count). The minimum atomic E-state index is 0.771. The monoisotopic (exact) mass is 608 g/mol. The van der Waals surface area contributed by atoms with Gasteiger partial charge in [-0.15, -0.1) is 0 Å². The van der Waals surface area contributed by atoms with Crippen molar-refractivity contribution in [3.63, 3.8) is 0 Å². The quantitative estimate of drug-likeness (QED) is 0.0693. The highest BCUT2D eigenvalue weighted by Crippen LogP contribution is 2.11. The number of hydrogen-bond donors (Lipinski definition) is 0. The number of aromatic nitrogens is 2. The van der Waals surface area contributed by atoms with Crippen molar-refractivity contribution in [3.8, 4) is 0 Å². The Morgan fingerprint density at radius 3 is 1.22 bits per heavy atom. The number of hydrogen-bond acceptors (Lipinski definition) is 3. The zero-order valence-corrected chi connectivity index (χ0v) is 27.3. The first-order valence-corrected chi connectivity index (χ1v) is 15.4. The highest BCUT2D eigenvalue weighted by molar-refractivity contribution is 5.73. The van der Waals surface area contributed by atoms with E-state index in [9.17, 15) is 4.79 Å². The van der Waals surface area contributed by atoms with Crippen molar-refractivity contribution in [2.75, 3.05) is 38.0 Å². The van der Waals surface area contributed by atoms with Crippen molar-refractivity contribution >= 4 is 35.9 Å². The predicted molar refractivity (Wildman–Crippen MR) is 193 cm³/mol. The zero-order valence-electron chi connectivity index (χ0n) is 27.3. The number of benzene rings is 3. The second-order valence-corrected chi connectivity index (χ2v) is 11.4. The molecule has 0 aliphatic rings. The summed E-state index contributed by atoms with van der Waals surface area (Å²) in [6, 6.07) is 35.7. The molecule has 0 saturated heterocycles. The molecule has 0 atom stereocenters. The van der Waals surface area contributed by atoms with Crippen LogP contribution in [0.25, 0.3) is 18.2 Å². The number of pyridine rings is 2. The number of allylic oxidation sites excluding steroid dienone is 3. The Balaban J connectivity index is 0.000000409. The average Bonchev–Trinajstić information content (AvgIpc) is 3.08. The summed E-state index contributed by atoms with van der Waals surface area (Å²) in [7, 11) is 8.24. The summed E-state index contributed by atoms with van der Waals surface area (Å²) in [5.74, 6) is 0. The van der Waals surface area contributed by atoms with Crippen molar-refractivity contribution in [2.24, 2.45) is 0 Å². The Morgan fingerprint density at radius 2 is 0.848 bits per heavy atom. The summed E-state index contributed by atoms with van der Waals surface area (Å²) in [6.45, 7) is 1.74. The van der Waals surface area contributed by atoms with Crippen LogP contribution in [0.3, 0.4) is 0 Å². The second kappa shape index (κ2) is 17.7. The molecule has 3 aromatic carbocycles. The van der Waals surface area contributed by atoms with Gasteiger partial charge in [-0.25, -0.2) is 9.13 Å².